The fourth-order valence-electron chi connectivity index (χ4n) is 1.46. The van der Waals surface area contributed by atoms with Crippen LogP contribution in [0.5, 0.6) is 0 Å². The van der Waals surface area contributed by atoms with Gasteiger partial charge in [-0.3, -0.25) is 0 Å². The fraction of sp³-hybridized carbons (Fsp3) is 0.500. The molecule has 0 aromatic heterocycles. The van der Waals surface area contributed by atoms with Gasteiger partial charge in [0, 0.05) is 13.2 Å². The van der Waals surface area contributed by atoms with Crippen molar-refractivity contribution in [2.45, 2.75) is 26.2 Å². The third-order valence-electron chi connectivity index (χ3n) is 2.28. The number of hydrogen-bond donors (Lipinski definition) is 1. The maximum Gasteiger partial charge on any atom is 0.176 e. The van der Waals surface area contributed by atoms with Crippen LogP contribution in [0.1, 0.15) is 25.5 Å². The van der Waals surface area contributed by atoms with Crippen LogP contribution < -0.4 is 5.73 Å². The van der Waals surface area contributed by atoms with Crippen molar-refractivity contribution >= 4 is 0 Å². The normalized spacial score (nSPS) is 13.1. The number of nitrogens with two attached hydrogens (primary N) is 1. The van der Waals surface area contributed by atoms with Gasteiger partial charge in [-0.25, -0.2) is 8.78 Å². The molecule has 0 spiro atoms. The SMILES string of the molecule is CCOC(OCC)[C@@H](N)c1ccc(F)c(F)c1. The third kappa shape index (κ3) is 3.73. The molecule has 2 N–H and O–H groups in total. The van der Waals surface area contributed by atoms with Gasteiger partial charge in [-0.15, -0.1) is 0 Å². The molecular weight excluding hydrogens is 228 g/mol. The van der Waals surface area contributed by atoms with Crippen molar-refractivity contribution in [3.63, 3.8) is 0 Å². The van der Waals surface area contributed by atoms with E-state index in [4.69, 9.17) is 15.2 Å². The van der Waals surface area contributed by atoms with Gasteiger partial charge >= 0.3 is 0 Å². The van der Waals surface area contributed by atoms with E-state index in [1.54, 1.807) is 0 Å². The van der Waals surface area contributed by atoms with Gasteiger partial charge in [0.2, 0.25) is 0 Å². The van der Waals surface area contributed by atoms with Crippen LogP contribution in [0.2, 0.25) is 0 Å². The van der Waals surface area contributed by atoms with Crippen molar-refractivity contribution in [1.82, 2.24) is 0 Å². The summed E-state index contributed by atoms with van der Waals surface area (Å²) >= 11 is 0. The Morgan fingerprint density at radius 2 is 1.71 bits per heavy atom. The maximum atomic E-state index is 13.1. The molecule has 0 saturated heterocycles. The van der Waals surface area contributed by atoms with E-state index in [1.165, 1.54) is 6.07 Å². The monoisotopic (exact) mass is 245 g/mol. The lowest BCUT2D eigenvalue weighted by Gasteiger charge is -2.23. The fourth-order valence-corrected chi connectivity index (χ4v) is 1.46. The first-order valence-electron chi connectivity index (χ1n) is 5.53. The molecule has 1 aromatic rings. The molecule has 0 amide bonds. The largest absolute Gasteiger partial charge is 0.351 e. The highest BCUT2D eigenvalue weighted by molar-refractivity contribution is 5.21. The summed E-state index contributed by atoms with van der Waals surface area (Å²) in [6, 6.07) is 2.88. The topological polar surface area (TPSA) is 44.5 Å². The molecule has 1 rings (SSSR count). The second-order valence-corrected chi connectivity index (χ2v) is 3.48. The lowest BCUT2D eigenvalue weighted by Crippen LogP contribution is -2.31. The van der Waals surface area contributed by atoms with Crippen molar-refractivity contribution in [3.05, 3.63) is 35.4 Å². The van der Waals surface area contributed by atoms with E-state index in [-0.39, 0.29) is 0 Å². The van der Waals surface area contributed by atoms with Crippen molar-refractivity contribution in [2.24, 2.45) is 5.73 Å². The quantitative estimate of drug-likeness (QED) is 0.782. The van der Waals surface area contributed by atoms with Crippen LogP contribution in [-0.2, 0) is 9.47 Å². The average Bonchev–Trinajstić information content (AvgIpc) is 2.31. The van der Waals surface area contributed by atoms with E-state index < -0.39 is 24.0 Å². The summed E-state index contributed by atoms with van der Waals surface area (Å²) in [6.07, 6.45) is -0.658. The average molecular weight is 245 g/mol. The van der Waals surface area contributed by atoms with Crippen molar-refractivity contribution in [2.75, 3.05) is 13.2 Å². The van der Waals surface area contributed by atoms with Gasteiger partial charge in [-0.1, -0.05) is 6.07 Å². The summed E-state index contributed by atoms with van der Waals surface area (Å²) in [5.74, 6) is -1.82. The van der Waals surface area contributed by atoms with Gasteiger partial charge in [0.1, 0.15) is 0 Å². The van der Waals surface area contributed by atoms with Crippen molar-refractivity contribution in [3.8, 4) is 0 Å². The van der Waals surface area contributed by atoms with E-state index >= 15 is 0 Å². The molecule has 5 heteroatoms. The Bertz CT molecular complexity index is 354. The Morgan fingerprint density at radius 1 is 1.12 bits per heavy atom. The molecule has 1 aromatic carbocycles. The number of rotatable bonds is 6. The molecule has 3 nitrogen and oxygen atoms in total. The van der Waals surface area contributed by atoms with Crippen molar-refractivity contribution < 1.29 is 18.3 Å². The van der Waals surface area contributed by atoms with Crippen LogP contribution in [0.25, 0.3) is 0 Å². The number of halogens is 2. The summed E-state index contributed by atoms with van der Waals surface area (Å²) in [5, 5.41) is 0. The second-order valence-electron chi connectivity index (χ2n) is 3.48. The van der Waals surface area contributed by atoms with E-state index in [1.807, 2.05) is 13.8 Å². The molecule has 96 valence electrons. The third-order valence-corrected chi connectivity index (χ3v) is 2.28. The first-order chi connectivity index (χ1) is 8.10. The Balaban J connectivity index is 2.84. The zero-order valence-corrected chi connectivity index (χ0v) is 9.95. The lowest BCUT2D eigenvalue weighted by molar-refractivity contribution is -0.149. The van der Waals surface area contributed by atoms with Crippen LogP contribution in [-0.4, -0.2) is 19.5 Å². The van der Waals surface area contributed by atoms with Crippen LogP contribution >= 0.6 is 0 Å². The summed E-state index contributed by atoms with van der Waals surface area (Å²) in [4.78, 5) is 0. The zero-order valence-electron chi connectivity index (χ0n) is 9.95. The summed E-state index contributed by atoms with van der Waals surface area (Å²) in [5.41, 5.74) is 6.33. The molecule has 1 atom stereocenters. The van der Waals surface area contributed by atoms with Gasteiger partial charge in [-0.2, -0.15) is 0 Å². The minimum Gasteiger partial charge on any atom is -0.351 e. The zero-order chi connectivity index (χ0) is 12.8. The minimum atomic E-state index is -0.926. The minimum absolute atomic E-state index is 0.433. The smallest absolute Gasteiger partial charge is 0.176 e. The molecule has 17 heavy (non-hydrogen) atoms. The Hall–Kier alpha value is -1.04. The molecule has 0 bridgehead atoms. The first-order valence-corrected chi connectivity index (χ1v) is 5.53. The second kappa shape index (κ2) is 6.64. The molecule has 0 radical (unpaired) electrons. The van der Waals surface area contributed by atoms with Gasteiger partial charge < -0.3 is 15.2 Å². The molecule has 0 saturated carbocycles. The summed E-state index contributed by atoms with van der Waals surface area (Å²) < 4.78 is 36.5. The maximum absolute atomic E-state index is 13.1. The molecule has 0 aliphatic carbocycles. The number of benzene rings is 1. The molecular formula is C12H17F2NO2. The highest BCUT2D eigenvalue weighted by Crippen LogP contribution is 2.20. The Labute approximate surface area is 99.5 Å². The van der Waals surface area contributed by atoms with E-state index in [2.05, 4.69) is 0 Å². The summed E-state index contributed by atoms with van der Waals surface area (Å²) in [6.45, 7) is 4.48. The van der Waals surface area contributed by atoms with Crippen molar-refractivity contribution in [1.29, 1.82) is 0 Å². The van der Waals surface area contributed by atoms with E-state index in [0.717, 1.165) is 12.1 Å². The molecule has 0 unspecified atom stereocenters. The number of ether oxygens (including phenoxy) is 2. The van der Waals surface area contributed by atoms with Crippen LogP contribution in [0, 0.1) is 11.6 Å². The van der Waals surface area contributed by atoms with Gasteiger partial charge in [0.05, 0.1) is 6.04 Å². The van der Waals surface area contributed by atoms with E-state index in [0.29, 0.717) is 18.8 Å². The molecule has 0 heterocycles. The van der Waals surface area contributed by atoms with Crippen LogP contribution in [0.3, 0.4) is 0 Å². The van der Waals surface area contributed by atoms with Crippen LogP contribution in [0.4, 0.5) is 8.78 Å². The molecule has 0 aliphatic heterocycles. The first kappa shape index (κ1) is 14.0. The molecule has 0 aliphatic rings. The lowest BCUT2D eigenvalue weighted by atomic mass is 10.1. The van der Waals surface area contributed by atoms with Crippen LogP contribution in [0.15, 0.2) is 18.2 Å². The van der Waals surface area contributed by atoms with Gasteiger partial charge in [-0.05, 0) is 31.5 Å². The predicted octanol–water partition coefficient (Wildman–Crippen LogP) is 2.36. The predicted molar refractivity (Wildman–Crippen MR) is 60.3 cm³/mol. The highest BCUT2D eigenvalue weighted by atomic mass is 19.2. The summed E-state index contributed by atoms with van der Waals surface area (Å²) in [7, 11) is 0. The Kier molecular flexibility index (Phi) is 5.47. The van der Waals surface area contributed by atoms with Gasteiger partial charge in [0.15, 0.2) is 17.9 Å². The van der Waals surface area contributed by atoms with Gasteiger partial charge in [0.25, 0.3) is 0 Å². The standard InChI is InChI=1S/C12H17F2NO2/c1-3-16-12(17-4-2)11(15)8-5-6-9(13)10(14)7-8/h5-7,11-12H,3-4,15H2,1-2H3/t11-/m0/s1. The highest BCUT2D eigenvalue weighted by Gasteiger charge is 2.21. The number of hydrogen-bond acceptors (Lipinski definition) is 3. The van der Waals surface area contributed by atoms with E-state index in [9.17, 15) is 8.78 Å². The molecule has 0 fully saturated rings. The Morgan fingerprint density at radius 3 is 2.18 bits per heavy atom.